The summed E-state index contributed by atoms with van der Waals surface area (Å²) in [6.07, 6.45) is 3.03. The van der Waals surface area contributed by atoms with E-state index in [0.29, 0.717) is 24.2 Å². The molecule has 33 heavy (non-hydrogen) atoms. The van der Waals surface area contributed by atoms with Crippen LogP contribution in [0.4, 0.5) is 4.79 Å². The number of aliphatic imine (C=N–C) groups is 1. The van der Waals surface area contributed by atoms with E-state index in [2.05, 4.69) is 24.5 Å². The van der Waals surface area contributed by atoms with Crippen LogP contribution in [0.3, 0.4) is 0 Å². The van der Waals surface area contributed by atoms with E-state index in [0.717, 1.165) is 31.2 Å². The third kappa shape index (κ3) is 6.16. The molecule has 2 aliphatic heterocycles. The second-order valence-electron chi connectivity index (χ2n) is 8.95. The summed E-state index contributed by atoms with van der Waals surface area (Å²) in [6.45, 7) is 7.17. The van der Waals surface area contributed by atoms with Gasteiger partial charge < -0.3 is 25.0 Å². The van der Waals surface area contributed by atoms with Crippen LogP contribution in [0.1, 0.15) is 45.1 Å². The Morgan fingerprint density at radius 3 is 2.76 bits per heavy atom. The molecule has 2 saturated heterocycles. The Balaban J connectivity index is 1.73. The number of likely N-dealkylation sites (N-methyl/N-ethyl adjacent to an activating group) is 1. The molecular formula is C24H37N5O4. The van der Waals surface area contributed by atoms with Crippen LogP contribution in [-0.4, -0.2) is 77.9 Å². The lowest BCUT2D eigenvalue weighted by Gasteiger charge is -2.35. The highest BCUT2D eigenvalue weighted by Crippen LogP contribution is 2.22. The van der Waals surface area contributed by atoms with Crippen LogP contribution >= 0.6 is 0 Å². The number of benzene rings is 1. The number of fused-ring (bicyclic) bond motifs is 1. The van der Waals surface area contributed by atoms with Crippen molar-refractivity contribution in [2.75, 3.05) is 26.7 Å². The monoisotopic (exact) mass is 459 g/mol. The maximum Gasteiger partial charge on any atom is 0.325 e. The maximum absolute atomic E-state index is 12.7. The molecular weight excluding hydrogens is 422 g/mol. The van der Waals surface area contributed by atoms with Crippen molar-refractivity contribution in [1.29, 1.82) is 0 Å². The van der Waals surface area contributed by atoms with Gasteiger partial charge in [-0.3, -0.25) is 15.1 Å². The van der Waals surface area contributed by atoms with Crippen molar-refractivity contribution >= 4 is 17.9 Å². The molecule has 1 aromatic rings. The van der Waals surface area contributed by atoms with Gasteiger partial charge in [0.2, 0.25) is 0 Å². The van der Waals surface area contributed by atoms with Crippen molar-refractivity contribution < 1.29 is 19.4 Å². The van der Waals surface area contributed by atoms with Crippen LogP contribution in [0.2, 0.25) is 0 Å². The third-order valence-corrected chi connectivity index (χ3v) is 6.30. The van der Waals surface area contributed by atoms with Crippen molar-refractivity contribution in [3.8, 4) is 5.75 Å². The fourth-order valence-electron chi connectivity index (χ4n) is 4.23. The zero-order valence-electron chi connectivity index (χ0n) is 20.1. The molecule has 9 nitrogen and oxygen atoms in total. The number of carbonyl (C=O) groups is 2. The topological polar surface area (TPSA) is 106 Å². The molecule has 3 rings (SSSR count). The van der Waals surface area contributed by atoms with Gasteiger partial charge in [-0.2, -0.15) is 0 Å². The summed E-state index contributed by atoms with van der Waals surface area (Å²) in [5.41, 5.74) is 1.07. The average Bonchev–Trinajstić information content (AvgIpc) is 3.15. The van der Waals surface area contributed by atoms with Gasteiger partial charge in [0, 0.05) is 13.6 Å². The highest BCUT2D eigenvalue weighted by molar-refractivity contribution is 6.04. The summed E-state index contributed by atoms with van der Waals surface area (Å²) in [7, 11) is 1.64. The van der Waals surface area contributed by atoms with Crippen LogP contribution in [0.5, 0.6) is 5.75 Å². The van der Waals surface area contributed by atoms with Gasteiger partial charge in [0.15, 0.2) is 12.0 Å². The van der Waals surface area contributed by atoms with Crippen LogP contribution in [0.15, 0.2) is 29.3 Å². The van der Waals surface area contributed by atoms with Crippen LogP contribution in [0.25, 0.3) is 0 Å². The SMILES string of the molecule is CCCCC(CC)CN=C1NC2C(C(=O)NC(=O)N2C)N1CC(O)COc1cccc(C)c1. The van der Waals surface area contributed by atoms with Gasteiger partial charge in [-0.1, -0.05) is 45.2 Å². The summed E-state index contributed by atoms with van der Waals surface area (Å²) < 4.78 is 5.75. The lowest BCUT2D eigenvalue weighted by Crippen LogP contribution is -2.65. The maximum atomic E-state index is 12.7. The summed E-state index contributed by atoms with van der Waals surface area (Å²) in [5.74, 6) is 1.27. The normalized spacial score (nSPS) is 23.2. The number of ether oxygens (including phenoxy) is 1. The number of β-amino-alcohol motifs (C(OH)–C–C–N with tert-alkyl or cyclic N) is 1. The second-order valence-corrected chi connectivity index (χ2v) is 8.95. The van der Waals surface area contributed by atoms with Crippen LogP contribution < -0.4 is 15.4 Å². The molecule has 2 fully saturated rings. The number of imide groups is 1. The van der Waals surface area contributed by atoms with Gasteiger partial charge in [-0.15, -0.1) is 0 Å². The van der Waals surface area contributed by atoms with E-state index in [-0.39, 0.29) is 13.2 Å². The minimum Gasteiger partial charge on any atom is -0.491 e. The van der Waals surface area contributed by atoms with E-state index in [1.807, 2.05) is 31.2 Å². The molecule has 0 radical (unpaired) electrons. The molecule has 0 saturated carbocycles. The van der Waals surface area contributed by atoms with Crippen LogP contribution in [-0.2, 0) is 4.79 Å². The molecule has 4 unspecified atom stereocenters. The molecule has 0 bridgehead atoms. The molecule has 1 aromatic carbocycles. The van der Waals surface area contributed by atoms with Crippen molar-refractivity contribution in [3.63, 3.8) is 0 Å². The highest BCUT2D eigenvalue weighted by atomic mass is 16.5. The quantitative estimate of drug-likeness (QED) is 0.468. The first-order chi connectivity index (χ1) is 15.8. The first-order valence-corrected chi connectivity index (χ1v) is 11.9. The number of aliphatic hydroxyl groups is 1. The van der Waals surface area contributed by atoms with E-state index in [4.69, 9.17) is 9.73 Å². The highest BCUT2D eigenvalue weighted by Gasteiger charge is 2.50. The van der Waals surface area contributed by atoms with Gasteiger partial charge in [0.05, 0.1) is 6.54 Å². The molecule has 9 heteroatoms. The van der Waals surface area contributed by atoms with Crippen molar-refractivity contribution in [1.82, 2.24) is 20.4 Å². The van der Waals surface area contributed by atoms with Gasteiger partial charge in [0.1, 0.15) is 24.6 Å². The molecule has 0 aliphatic carbocycles. The summed E-state index contributed by atoms with van der Waals surface area (Å²) in [6, 6.07) is 6.51. The molecule has 182 valence electrons. The Kier molecular flexibility index (Phi) is 8.55. The Hall–Kier alpha value is -2.81. The van der Waals surface area contributed by atoms with Gasteiger partial charge in [-0.05, 0) is 37.0 Å². The zero-order valence-corrected chi connectivity index (χ0v) is 20.1. The number of amides is 3. The number of aliphatic hydroxyl groups excluding tert-OH is 1. The smallest absolute Gasteiger partial charge is 0.325 e. The standard InChI is InChI=1S/C24H37N5O4/c1-5-7-10-17(6-2)13-25-23-26-21-20(22(31)27-24(32)28(21)4)29(23)14-18(30)15-33-19-11-8-9-16(3)12-19/h8-9,11-12,17-18,20-21,30H,5-7,10,13-15H2,1-4H3,(H,25,26)(H,27,31,32). The van der Waals surface area contributed by atoms with E-state index >= 15 is 0 Å². The number of urea groups is 1. The number of guanidine groups is 1. The number of nitrogens with one attached hydrogen (secondary N) is 2. The van der Waals surface area contributed by atoms with E-state index in [1.165, 1.54) is 4.90 Å². The zero-order chi connectivity index (χ0) is 24.0. The lowest BCUT2D eigenvalue weighted by atomic mass is 10.00. The van der Waals surface area contributed by atoms with Crippen LogP contribution in [0, 0.1) is 12.8 Å². The Morgan fingerprint density at radius 2 is 2.06 bits per heavy atom. The molecule has 2 aliphatic rings. The van der Waals surface area contributed by atoms with Crippen molar-refractivity contribution in [2.24, 2.45) is 10.9 Å². The number of carbonyl (C=O) groups excluding carboxylic acids is 2. The molecule has 3 N–H and O–H groups in total. The van der Waals surface area contributed by atoms with Gasteiger partial charge in [0.25, 0.3) is 5.91 Å². The van der Waals surface area contributed by atoms with E-state index in [1.54, 1.807) is 11.9 Å². The fraction of sp³-hybridized carbons (Fsp3) is 0.625. The summed E-state index contributed by atoms with van der Waals surface area (Å²) >= 11 is 0. The molecule has 0 aromatic heterocycles. The first kappa shape index (κ1) is 24.8. The number of unbranched alkanes of at least 4 members (excludes halogenated alkanes) is 1. The van der Waals surface area contributed by atoms with E-state index in [9.17, 15) is 14.7 Å². The van der Waals surface area contributed by atoms with Crippen molar-refractivity contribution in [2.45, 2.75) is 64.8 Å². The van der Waals surface area contributed by atoms with Gasteiger partial charge >= 0.3 is 6.03 Å². The van der Waals surface area contributed by atoms with E-state index < -0.39 is 30.2 Å². The predicted octanol–water partition coefficient (Wildman–Crippen LogP) is 2.09. The Bertz CT molecular complexity index is 861. The summed E-state index contributed by atoms with van der Waals surface area (Å²) in [5, 5.41) is 16.4. The number of nitrogens with zero attached hydrogens (tertiary/aromatic N) is 3. The molecule has 0 spiro atoms. The minimum atomic E-state index is -0.853. The largest absolute Gasteiger partial charge is 0.491 e. The van der Waals surface area contributed by atoms with Gasteiger partial charge in [-0.25, -0.2) is 4.79 Å². The molecule has 4 atom stereocenters. The number of hydrogen-bond acceptors (Lipinski definition) is 5. The number of aryl methyl sites for hydroxylation is 1. The Labute approximate surface area is 196 Å². The Morgan fingerprint density at radius 1 is 1.27 bits per heavy atom. The average molecular weight is 460 g/mol. The minimum absolute atomic E-state index is 0.0785. The second kappa shape index (κ2) is 11.4. The third-order valence-electron chi connectivity index (χ3n) is 6.30. The lowest BCUT2D eigenvalue weighted by molar-refractivity contribution is -0.127. The van der Waals surface area contributed by atoms with Crippen molar-refractivity contribution in [3.05, 3.63) is 29.8 Å². The fourth-order valence-corrected chi connectivity index (χ4v) is 4.23. The first-order valence-electron chi connectivity index (χ1n) is 11.9. The predicted molar refractivity (Wildman–Crippen MR) is 127 cm³/mol. The molecule has 2 heterocycles. The summed E-state index contributed by atoms with van der Waals surface area (Å²) in [4.78, 5) is 32.9. The number of rotatable bonds is 11. The molecule has 3 amide bonds. The number of hydrogen-bond donors (Lipinski definition) is 3.